The van der Waals surface area contributed by atoms with Gasteiger partial charge in [0, 0.05) is 0 Å². The van der Waals surface area contributed by atoms with Gasteiger partial charge in [-0.2, -0.15) is 0 Å². The van der Waals surface area contributed by atoms with Crippen molar-refractivity contribution in [3.63, 3.8) is 0 Å². The first kappa shape index (κ1) is 14.4. The number of aliphatic hydroxyl groups is 1. The fourth-order valence-electron chi connectivity index (χ4n) is 2.71. The van der Waals surface area contributed by atoms with Crippen LogP contribution in [0, 0.1) is 12.8 Å². The number of aryl methyl sites for hydroxylation is 1. The number of aliphatic hydroxyl groups excluding tert-OH is 1. The molecule has 0 bridgehead atoms. The van der Waals surface area contributed by atoms with Crippen LogP contribution in [0.1, 0.15) is 57.1 Å². The van der Waals surface area contributed by atoms with Gasteiger partial charge in [-0.3, -0.25) is 0 Å². The van der Waals surface area contributed by atoms with E-state index in [0.29, 0.717) is 11.8 Å². The van der Waals surface area contributed by atoms with Crippen molar-refractivity contribution in [2.75, 3.05) is 0 Å². The third kappa shape index (κ3) is 3.50. The SMILES string of the molecule is Cc1ccc(C(C)C)cc1OC1CC(C)CCC1O. The summed E-state index contributed by atoms with van der Waals surface area (Å²) in [5, 5.41) is 10.1. The summed E-state index contributed by atoms with van der Waals surface area (Å²) in [6.07, 6.45) is 2.54. The van der Waals surface area contributed by atoms with Crippen molar-refractivity contribution in [1.82, 2.24) is 0 Å². The predicted molar refractivity (Wildman–Crippen MR) is 78.7 cm³/mol. The Hall–Kier alpha value is -1.02. The van der Waals surface area contributed by atoms with Crippen LogP contribution in [-0.2, 0) is 0 Å². The van der Waals surface area contributed by atoms with Crippen molar-refractivity contribution in [3.8, 4) is 5.75 Å². The van der Waals surface area contributed by atoms with Crippen LogP contribution in [0.5, 0.6) is 5.75 Å². The maximum Gasteiger partial charge on any atom is 0.125 e. The van der Waals surface area contributed by atoms with Gasteiger partial charge in [-0.15, -0.1) is 0 Å². The van der Waals surface area contributed by atoms with Crippen LogP contribution in [0.2, 0.25) is 0 Å². The van der Waals surface area contributed by atoms with Crippen LogP contribution in [0.15, 0.2) is 18.2 Å². The minimum atomic E-state index is -0.321. The topological polar surface area (TPSA) is 29.5 Å². The lowest BCUT2D eigenvalue weighted by Crippen LogP contribution is -2.37. The van der Waals surface area contributed by atoms with Crippen LogP contribution in [0.25, 0.3) is 0 Å². The molecule has 1 aliphatic carbocycles. The summed E-state index contributed by atoms with van der Waals surface area (Å²) in [6.45, 7) is 8.68. The average Bonchev–Trinajstić information content (AvgIpc) is 2.36. The monoisotopic (exact) mass is 262 g/mol. The summed E-state index contributed by atoms with van der Waals surface area (Å²) in [6, 6.07) is 6.40. The Kier molecular flexibility index (Phi) is 4.51. The zero-order valence-corrected chi connectivity index (χ0v) is 12.5. The van der Waals surface area contributed by atoms with Crippen LogP contribution < -0.4 is 4.74 Å². The molecule has 0 saturated heterocycles. The van der Waals surface area contributed by atoms with Gasteiger partial charge >= 0.3 is 0 Å². The van der Waals surface area contributed by atoms with Crippen LogP contribution in [0.3, 0.4) is 0 Å². The second kappa shape index (κ2) is 5.96. The highest BCUT2D eigenvalue weighted by Crippen LogP contribution is 2.31. The molecule has 0 aliphatic heterocycles. The summed E-state index contributed by atoms with van der Waals surface area (Å²) >= 11 is 0. The molecule has 0 amide bonds. The zero-order valence-electron chi connectivity index (χ0n) is 12.5. The van der Waals surface area contributed by atoms with Crippen molar-refractivity contribution in [2.24, 2.45) is 5.92 Å². The summed E-state index contributed by atoms with van der Waals surface area (Å²) in [5.74, 6) is 2.07. The lowest BCUT2D eigenvalue weighted by atomic mass is 9.86. The molecule has 1 aliphatic rings. The second-order valence-electron chi connectivity index (χ2n) is 6.32. The van der Waals surface area contributed by atoms with Gasteiger partial charge in [0.1, 0.15) is 11.9 Å². The van der Waals surface area contributed by atoms with Crippen LogP contribution in [0.4, 0.5) is 0 Å². The number of ether oxygens (including phenoxy) is 1. The Morgan fingerprint density at radius 1 is 1.26 bits per heavy atom. The van der Waals surface area contributed by atoms with E-state index in [9.17, 15) is 5.11 Å². The van der Waals surface area contributed by atoms with Gasteiger partial charge in [-0.05, 0) is 55.2 Å². The van der Waals surface area contributed by atoms with Gasteiger partial charge in [0.2, 0.25) is 0 Å². The first-order chi connectivity index (χ1) is 8.97. The van der Waals surface area contributed by atoms with E-state index in [1.54, 1.807) is 0 Å². The summed E-state index contributed by atoms with van der Waals surface area (Å²) in [7, 11) is 0. The van der Waals surface area contributed by atoms with Gasteiger partial charge in [0.05, 0.1) is 6.10 Å². The normalized spacial score (nSPS) is 27.6. The van der Waals surface area contributed by atoms with Gasteiger partial charge in [0.25, 0.3) is 0 Å². The smallest absolute Gasteiger partial charge is 0.125 e. The largest absolute Gasteiger partial charge is 0.487 e. The molecular weight excluding hydrogens is 236 g/mol. The van der Waals surface area contributed by atoms with Crippen LogP contribution in [-0.4, -0.2) is 17.3 Å². The highest BCUT2D eigenvalue weighted by Gasteiger charge is 2.29. The van der Waals surface area contributed by atoms with Crippen molar-refractivity contribution >= 4 is 0 Å². The minimum Gasteiger partial charge on any atom is -0.487 e. The first-order valence-electron chi connectivity index (χ1n) is 7.42. The van der Waals surface area contributed by atoms with Gasteiger partial charge in [0.15, 0.2) is 0 Å². The van der Waals surface area contributed by atoms with E-state index < -0.39 is 0 Å². The molecule has 19 heavy (non-hydrogen) atoms. The standard InChI is InChI=1S/C17H26O2/c1-11(2)14-7-6-13(4)16(10-14)19-17-9-12(3)5-8-15(17)18/h6-7,10-12,15,17-18H,5,8-9H2,1-4H3. The molecule has 2 heteroatoms. The molecule has 1 aromatic rings. The van der Waals surface area contributed by atoms with E-state index in [4.69, 9.17) is 4.74 Å². The van der Waals surface area contributed by atoms with Crippen LogP contribution >= 0.6 is 0 Å². The lowest BCUT2D eigenvalue weighted by Gasteiger charge is -2.32. The maximum atomic E-state index is 10.1. The number of hydrogen-bond donors (Lipinski definition) is 1. The average molecular weight is 262 g/mol. The molecule has 0 heterocycles. The minimum absolute atomic E-state index is 0.0511. The quantitative estimate of drug-likeness (QED) is 0.890. The Bertz CT molecular complexity index is 425. The molecule has 3 atom stereocenters. The molecule has 106 valence electrons. The number of rotatable bonds is 3. The Morgan fingerprint density at radius 2 is 2.00 bits per heavy atom. The number of hydrogen-bond acceptors (Lipinski definition) is 2. The third-order valence-electron chi connectivity index (χ3n) is 4.18. The molecule has 1 saturated carbocycles. The third-order valence-corrected chi connectivity index (χ3v) is 4.18. The van der Waals surface area contributed by atoms with Gasteiger partial charge in [-0.25, -0.2) is 0 Å². The summed E-state index contributed by atoms with van der Waals surface area (Å²) < 4.78 is 6.11. The Morgan fingerprint density at radius 3 is 2.68 bits per heavy atom. The van der Waals surface area contributed by atoms with E-state index in [0.717, 1.165) is 30.6 Å². The first-order valence-corrected chi connectivity index (χ1v) is 7.42. The van der Waals surface area contributed by atoms with E-state index in [1.807, 2.05) is 0 Å². The maximum absolute atomic E-state index is 10.1. The van der Waals surface area contributed by atoms with E-state index >= 15 is 0 Å². The predicted octanol–water partition coefficient (Wildman–Crippen LogP) is 4.05. The highest BCUT2D eigenvalue weighted by molar-refractivity contribution is 5.38. The lowest BCUT2D eigenvalue weighted by molar-refractivity contribution is -0.00793. The van der Waals surface area contributed by atoms with Crippen molar-refractivity contribution in [3.05, 3.63) is 29.3 Å². The fourth-order valence-corrected chi connectivity index (χ4v) is 2.71. The molecule has 0 radical (unpaired) electrons. The molecule has 1 fully saturated rings. The van der Waals surface area contributed by atoms with E-state index in [2.05, 4.69) is 45.9 Å². The van der Waals surface area contributed by atoms with Crippen molar-refractivity contribution in [2.45, 2.75) is 65.1 Å². The van der Waals surface area contributed by atoms with Crippen molar-refractivity contribution in [1.29, 1.82) is 0 Å². The summed E-state index contributed by atoms with van der Waals surface area (Å²) in [5.41, 5.74) is 2.44. The van der Waals surface area contributed by atoms with E-state index in [1.165, 1.54) is 5.56 Å². The molecule has 1 aromatic carbocycles. The Labute approximate surface area is 116 Å². The zero-order chi connectivity index (χ0) is 14.0. The Balaban J connectivity index is 2.15. The molecule has 0 spiro atoms. The number of benzene rings is 1. The van der Waals surface area contributed by atoms with Crippen molar-refractivity contribution < 1.29 is 9.84 Å². The fraction of sp³-hybridized carbons (Fsp3) is 0.647. The molecule has 3 unspecified atom stereocenters. The molecule has 1 N–H and O–H groups in total. The highest BCUT2D eigenvalue weighted by atomic mass is 16.5. The molecule has 2 nitrogen and oxygen atoms in total. The molecule has 2 rings (SSSR count). The molecule has 0 aromatic heterocycles. The molecular formula is C17H26O2. The summed E-state index contributed by atoms with van der Waals surface area (Å²) in [4.78, 5) is 0. The van der Waals surface area contributed by atoms with Gasteiger partial charge in [-0.1, -0.05) is 32.9 Å². The van der Waals surface area contributed by atoms with Gasteiger partial charge < -0.3 is 9.84 Å². The second-order valence-corrected chi connectivity index (χ2v) is 6.32. The van der Waals surface area contributed by atoms with E-state index in [-0.39, 0.29) is 12.2 Å².